The molecule has 1 aromatic carbocycles. The number of hydrogen-bond acceptors (Lipinski definition) is 1. The number of carbonyl (C=O) groups is 1. The Balaban J connectivity index is 2.00. The van der Waals surface area contributed by atoms with Crippen LogP contribution in [0.3, 0.4) is 0 Å². The van der Waals surface area contributed by atoms with Crippen molar-refractivity contribution in [1.82, 2.24) is 0 Å². The minimum Gasteiger partial charge on any atom is -0.295 e. The molecule has 1 aromatic rings. The van der Waals surface area contributed by atoms with E-state index in [1.165, 1.54) is 5.56 Å². The number of rotatable bonds is 3. The van der Waals surface area contributed by atoms with E-state index in [9.17, 15) is 4.79 Å². The van der Waals surface area contributed by atoms with Gasteiger partial charge in [0.15, 0.2) is 5.78 Å². The molecule has 0 unspecified atom stereocenters. The van der Waals surface area contributed by atoms with Crippen LogP contribution in [0, 0.1) is 0 Å². The zero-order valence-electron chi connectivity index (χ0n) is 9.21. The summed E-state index contributed by atoms with van der Waals surface area (Å²) >= 11 is 3.53. The molecule has 0 radical (unpaired) electrons. The molecule has 0 fully saturated rings. The van der Waals surface area contributed by atoms with Gasteiger partial charge in [0, 0.05) is 10.9 Å². The first-order valence-corrected chi connectivity index (χ1v) is 6.52. The predicted octanol–water partition coefficient (Wildman–Crippen LogP) is 4.06. The lowest BCUT2D eigenvalue weighted by molar-refractivity contribution is -0.116. The van der Waals surface area contributed by atoms with E-state index in [4.69, 9.17) is 0 Å². The Morgan fingerprint density at radius 1 is 1.19 bits per heavy atom. The van der Waals surface area contributed by atoms with E-state index in [1.807, 2.05) is 18.2 Å². The maximum Gasteiger partial charge on any atom is 0.158 e. The van der Waals surface area contributed by atoms with Crippen molar-refractivity contribution < 1.29 is 4.79 Å². The van der Waals surface area contributed by atoms with Gasteiger partial charge in [-0.25, -0.2) is 0 Å². The molecular formula is C14H15BrO. The lowest BCUT2D eigenvalue weighted by Crippen LogP contribution is -2.07. The van der Waals surface area contributed by atoms with E-state index in [0.717, 1.165) is 42.1 Å². The van der Waals surface area contributed by atoms with Crippen LogP contribution in [0.4, 0.5) is 0 Å². The van der Waals surface area contributed by atoms with Crippen molar-refractivity contribution in [2.45, 2.75) is 32.1 Å². The van der Waals surface area contributed by atoms with Crippen LogP contribution in [0.15, 0.2) is 40.4 Å². The summed E-state index contributed by atoms with van der Waals surface area (Å²) < 4.78 is 1.14. The third-order valence-electron chi connectivity index (χ3n) is 2.98. The highest BCUT2D eigenvalue weighted by Gasteiger charge is 2.13. The molecule has 0 saturated carbocycles. The molecule has 2 rings (SSSR count). The van der Waals surface area contributed by atoms with Crippen LogP contribution in [0.25, 0.3) is 0 Å². The summed E-state index contributed by atoms with van der Waals surface area (Å²) in [6, 6.07) is 8.21. The van der Waals surface area contributed by atoms with Crippen LogP contribution < -0.4 is 0 Å². The zero-order valence-corrected chi connectivity index (χ0v) is 10.8. The van der Waals surface area contributed by atoms with Gasteiger partial charge in [-0.15, -0.1) is 0 Å². The Labute approximate surface area is 105 Å². The summed E-state index contributed by atoms with van der Waals surface area (Å²) in [6.45, 7) is 0. The van der Waals surface area contributed by atoms with Gasteiger partial charge in [-0.2, -0.15) is 0 Å². The first-order chi connectivity index (χ1) is 7.77. The summed E-state index contributed by atoms with van der Waals surface area (Å²) in [6.07, 6.45) is 6.76. The summed E-state index contributed by atoms with van der Waals surface area (Å²) in [5.74, 6) is 0.346. The van der Waals surface area contributed by atoms with Gasteiger partial charge < -0.3 is 0 Å². The normalized spacial score (nSPS) is 16.1. The molecule has 0 atom stereocenters. The number of halogens is 1. The molecule has 1 nitrogen and oxygen atoms in total. The van der Waals surface area contributed by atoms with E-state index in [0.29, 0.717) is 5.78 Å². The molecule has 0 N–H and O–H groups in total. The number of benzene rings is 1. The lowest BCUT2D eigenvalue weighted by Gasteiger charge is -2.11. The molecule has 0 bridgehead atoms. The van der Waals surface area contributed by atoms with Gasteiger partial charge in [-0.1, -0.05) is 40.2 Å². The minimum atomic E-state index is 0.346. The molecule has 0 spiro atoms. The fourth-order valence-electron chi connectivity index (χ4n) is 2.03. The van der Waals surface area contributed by atoms with Crippen LogP contribution in [-0.4, -0.2) is 5.78 Å². The summed E-state index contributed by atoms with van der Waals surface area (Å²) in [4.78, 5) is 11.6. The first kappa shape index (κ1) is 11.6. The zero-order chi connectivity index (χ0) is 11.4. The molecule has 0 aliphatic heterocycles. The van der Waals surface area contributed by atoms with Crippen molar-refractivity contribution in [2.75, 3.05) is 0 Å². The molecule has 0 saturated heterocycles. The minimum absolute atomic E-state index is 0.346. The maximum absolute atomic E-state index is 11.6. The highest BCUT2D eigenvalue weighted by atomic mass is 79.9. The molecule has 0 aromatic heterocycles. The van der Waals surface area contributed by atoms with E-state index >= 15 is 0 Å². The van der Waals surface area contributed by atoms with Crippen LogP contribution in [0.5, 0.6) is 0 Å². The van der Waals surface area contributed by atoms with Gasteiger partial charge in [0.25, 0.3) is 0 Å². The number of allylic oxidation sites excluding steroid dienone is 2. The molecule has 0 amide bonds. The molecule has 2 heteroatoms. The SMILES string of the molecule is O=C1CCCC=C1CCc1ccccc1Br. The van der Waals surface area contributed by atoms with Crippen LogP contribution >= 0.6 is 15.9 Å². The van der Waals surface area contributed by atoms with Gasteiger partial charge in [-0.3, -0.25) is 4.79 Å². The van der Waals surface area contributed by atoms with Crippen LogP contribution in [0.2, 0.25) is 0 Å². The van der Waals surface area contributed by atoms with E-state index < -0.39 is 0 Å². The lowest BCUT2D eigenvalue weighted by atomic mass is 9.93. The third-order valence-corrected chi connectivity index (χ3v) is 3.75. The molecular weight excluding hydrogens is 264 g/mol. The number of Topliss-reactive ketones (excluding diaryl/α,β-unsaturated/α-hetero) is 1. The maximum atomic E-state index is 11.6. The monoisotopic (exact) mass is 278 g/mol. The summed E-state index contributed by atoms with van der Waals surface area (Å²) in [5.41, 5.74) is 2.31. The predicted molar refractivity (Wildman–Crippen MR) is 69.4 cm³/mol. The van der Waals surface area contributed by atoms with Crippen molar-refractivity contribution in [2.24, 2.45) is 0 Å². The third kappa shape index (κ3) is 2.82. The summed E-state index contributed by atoms with van der Waals surface area (Å²) in [7, 11) is 0. The largest absolute Gasteiger partial charge is 0.295 e. The second-order valence-corrected chi connectivity index (χ2v) is 4.99. The van der Waals surface area contributed by atoms with Crippen LogP contribution in [-0.2, 0) is 11.2 Å². The fourth-order valence-corrected chi connectivity index (χ4v) is 2.51. The van der Waals surface area contributed by atoms with Crippen molar-refractivity contribution in [3.05, 3.63) is 46.0 Å². The van der Waals surface area contributed by atoms with Crippen molar-refractivity contribution in [3.63, 3.8) is 0 Å². The number of carbonyl (C=O) groups excluding carboxylic acids is 1. The number of hydrogen-bond donors (Lipinski definition) is 0. The Kier molecular flexibility index (Phi) is 3.94. The van der Waals surface area contributed by atoms with Gasteiger partial charge in [-0.05, 0) is 42.9 Å². The van der Waals surface area contributed by atoms with Crippen LogP contribution in [0.1, 0.15) is 31.2 Å². The average molecular weight is 279 g/mol. The molecule has 16 heavy (non-hydrogen) atoms. The van der Waals surface area contributed by atoms with Gasteiger partial charge in [0.2, 0.25) is 0 Å². The smallest absolute Gasteiger partial charge is 0.158 e. The Bertz CT molecular complexity index is 420. The quantitative estimate of drug-likeness (QED) is 0.815. The molecule has 1 aliphatic rings. The second kappa shape index (κ2) is 5.44. The second-order valence-electron chi connectivity index (χ2n) is 4.14. The number of ketones is 1. The highest BCUT2D eigenvalue weighted by Crippen LogP contribution is 2.22. The van der Waals surface area contributed by atoms with Crippen molar-refractivity contribution in [3.8, 4) is 0 Å². The van der Waals surface area contributed by atoms with E-state index in [2.05, 4.69) is 28.1 Å². The Hall–Kier alpha value is -0.890. The molecule has 84 valence electrons. The Morgan fingerprint density at radius 2 is 2.00 bits per heavy atom. The van der Waals surface area contributed by atoms with Gasteiger partial charge in [0.05, 0.1) is 0 Å². The molecule has 1 aliphatic carbocycles. The van der Waals surface area contributed by atoms with E-state index in [-0.39, 0.29) is 0 Å². The first-order valence-electron chi connectivity index (χ1n) is 5.73. The van der Waals surface area contributed by atoms with Crippen molar-refractivity contribution in [1.29, 1.82) is 0 Å². The van der Waals surface area contributed by atoms with Gasteiger partial charge >= 0.3 is 0 Å². The van der Waals surface area contributed by atoms with E-state index in [1.54, 1.807) is 0 Å². The fraction of sp³-hybridized carbons (Fsp3) is 0.357. The topological polar surface area (TPSA) is 17.1 Å². The number of aryl methyl sites for hydroxylation is 1. The van der Waals surface area contributed by atoms with Gasteiger partial charge in [0.1, 0.15) is 0 Å². The summed E-state index contributed by atoms with van der Waals surface area (Å²) in [5, 5.41) is 0. The van der Waals surface area contributed by atoms with Crippen molar-refractivity contribution >= 4 is 21.7 Å². The molecule has 0 heterocycles. The average Bonchev–Trinajstić information content (AvgIpc) is 2.30. The highest BCUT2D eigenvalue weighted by molar-refractivity contribution is 9.10. The Morgan fingerprint density at radius 3 is 2.75 bits per heavy atom. The standard InChI is InChI=1S/C14H15BrO/c15-13-7-3-1-5-11(13)9-10-12-6-2-4-8-14(12)16/h1,3,5-7H,2,4,8-10H2.